The molecule has 0 aliphatic carbocycles. The Morgan fingerprint density at radius 3 is 2.96 bits per heavy atom. The van der Waals surface area contributed by atoms with E-state index in [9.17, 15) is 14.0 Å². The number of nitrogens with zero attached hydrogens (tertiary/aromatic N) is 1. The molecule has 1 fully saturated rings. The van der Waals surface area contributed by atoms with Crippen LogP contribution in [0.4, 0.5) is 4.39 Å². The van der Waals surface area contributed by atoms with E-state index in [1.54, 1.807) is 31.2 Å². The third kappa shape index (κ3) is 4.28. The second-order valence-electron chi connectivity index (χ2n) is 5.79. The molecule has 1 aromatic rings. The number of hydrogen-bond donors (Lipinski definition) is 1. The van der Waals surface area contributed by atoms with Gasteiger partial charge in [0.15, 0.2) is 0 Å². The molecule has 1 aliphatic heterocycles. The minimum Gasteiger partial charge on any atom is -0.385 e. The summed E-state index contributed by atoms with van der Waals surface area (Å²) in [6.07, 6.45) is 1.54. The van der Waals surface area contributed by atoms with Gasteiger partial charge in [0.05, 0.1) is 12.0 Å². The van der Waals surface area contributed by atoms with Crippen molar-refractivity contribution in [1.29, 1.82) is 0 Å². The van der Waals surface area contributed by atoms with E-state index in [4.69, 9.17) is 4.74 Å². The summed E-state index contributed by atoms with van der Waals surface area (Å²) in [5, 5.41) is 2.89. The van der Waals surface area contributed by atoms with Gasteiger partial charge in [-0.2, -0.15) is 0 Å². The topological polar surface area (TPSA) is 58.6 Å². The predicted molar refractivity (Wildman–Crippen MR) is 84.1 cm³/mol. The summed E-state index contributed by atoms with van der Waals surface area (Å²) in [5.74, 6) is -0.868. The Morgan fingerprint density at radius 1 is 1.48 bits per heavy atom. The zero-order chi connectivity index (χ0) is 16.8. The second-order valence-corrected chi connectivity index (χ2v) is 5.79. The Labute approximate surface area is 135 Å². The van der Waals surface area contributed by atoms with Crippen LogP contribution in [-0.4, -0.2) is 44.0 Å². The van der Waals surface area contributed by atoms with Crippen LogP contribution in [0.5, 0.6) is 0 Å². The Kier molecular flexibility index (Phi) is 6.10. The van der Waals surface area contributed by atoms with E-state index in [0.29, 0.717) is 31.6 Å². The number of hydrogen-bond acceptors (Lipinski definition) is 3. The Morgan fingerprint density at radius 2 is 2.26 bits per heavy atom. The highest BCUT2D eigenvalue weighted by Crippen LogP contribution is 2.36. The summed E-state index contributed by atoms with van der Waals surface area (Å²) in [6.45, 7) is 1.10. The molecule has 1 heterocycles. The molecule has 1 saturated heterocycles. The number of benzene rings is 1. The van der Waals surface area contributed by atoms with E-state index in [0.717, 1.165) is 6.42 Å². The van der Waals surface area contributed by atoms with Crippen molar-refractivity contribution in [1.82, 2.24) is 10.2 Å². The first-order chi connectivity index (χ1) is 11.0. The minimum atomic E-state index is -0.436. The highest BCUT2D eigenvalue weighted by molar-refractivity contribution is 5.84. The van der Waals surface area contributed by atoms with Crippen molar-refractivity contribution in [2.24, 2.45) is 5.92 Å². The molecule has 2 amide bonds. The van der Waals surface area contributed by atoms with Gasteiger partial charge in [0.1, 0.15) is 5.82 Å². The molecule has 2 rings (SSSR count). The maximum atomic E-state index is 13.5. The van der Waals surface area contributed by atoms with Crippen LogP contribution in [0.3, 0.4) is 0 Å². The van der Waals surface area contributed by atoms with Crippen LogP contribution in [0.25, 0.3) is 0 Å². The molecule has 5 nitrogen and oxygen atoms in total. The molecule has 1 aromatic carbocycles. The molecule has 0 unspecified atom stereocenters. The highest BCUT2D eigenvalue weighted by atomic mass is 19.1. The number of halogens is 1. The molecule has 0 aromatic heterocycles. The van der Waals surface area contributed by atoms with Crippen molar-refractivity contribution in [2.45, 2.75) is 25.3 Å². The fraction of sp³-hybridized carbons (Fsp3) is 0.529. The van der Waals surface area contributed by atoms with E-state index in [1.165, 1.54) is 12.1 Å². The lowest BCUT2D eigenvalue weighted by molar-refractivity contribution is -0.141. The summed E-state index contributed by atoms with van der Waals surface area (Å²) >= 11 is 0. The van der Waals surface area contributed by atoms with Crippen molar-refractivity contribution in [3.63, 3.8) is 0 Å². The number of carbonyl (C=O) groups is 2. The summed E-state index contributed by atoms with van der Waals surface area (Å²) in [4.78, 5) is 26.1. The Bertz CT molecular complexity index is 565. The molecule has 0 saturated carbocycles. The van der Waals surface area contributed by atoms with Crippen molar-refractivity contribution in [2.75, 3.05) is 27.3 Å². The van der Waals surface area contributed by atoms with Crippen LogP contribution >= 0.6 is 0 Å². The number of methoxy groups -OCH3 is 1. The van der Waals surface area contributed by atoms with Crippen molar-refractivity contribution in [3.8, 4) is 0 Å². The van der Waals surface area contributed by atoms with Crippen LogP contribution in [0, 0.1) is 11.7 Å². The molecular formula is C17H23FN2O3. The first kappa shape index (κ1) is 17.4. The van der Waals surface area contributed by atoms with Crippen LogP contribution in [0.1, 0.15) is 30.9 Å². The number of carbonyl (C=O) groups excluding carboxylic acids is 2. The fourth-order valence-electron chi connectivity index (χ4n) is 3.02. The lowest BCUT2D eigenvalue weighted by Gasteiger charge is -2.38. The average molecular weight is 322 g/mol. The number of likely N-dealkylation sites (tertiary alicyclic amines) is 1. The van der Waals surface area contributed by atoms with Crippen LogP contribution < -0.4 is 5.32 Å². The van der Waals surface area contributed by atoms with Gasteiger partial charge in [0, 0.05) is 33.7 Å². The van der Waals surface area contributed by atoms with Gasteiger partial charge in [-0.25, -0.2) is 4.39 Å². The zero-order valence-electron chi connectivity index (χ0n) is 13.5. The van der Waals surface area contributed by atoms with Gasteiger partial charge in [-0.05, 0) is 30.5 Å². The molecule has 1 aliphatic rings. The largest absolute Gasteiger partial charge is 0.385 e. The first-order valence-corrected chi connectivity index (χ1v) is 7.82. The van der Waals surface area contributed by atoms with Gasteiger partial charge in [-0.3, -0.25) is 9.59 Å². The molecule has 23 heavy (non-hydrogen) atoms. The van der Waals surface area contributed by atoms with Gasteiger partial charge in [-0.15, -0.1) is 0 Å². The molecule has 126 valence electrons. The van der Waals surface area contributed by atoms with E-state index in [-0.39, 0.29) is 23.5 Å². The minimum absolute atomic E-state index is 0.0253. The smallest absolute Gasteiger partial charge is 0.225 e. The third-order valence-electron chi connectivity index (χ3n) is 4.21. The van der Waals surface area contributed by atoms with E-state index >= 15 is 0 Å². The number of ether oxygens (including phenoxy) is 1. The summed E-state index contributed by atoms with van der Waals surface area (Å²) in [5.41, 5.74) is 0.651. The summed E-state index contributed by atoms with van der Waals surface area (Å²) in [6, 6.07) is 5.67. The Hall–Kier alpha value is -1.95. The molecular weight excluding hydrogens is 299 g/mol. The van der Waals surface area contributed by atoms with E-state index < -0.39 is 6.04 Å². The molecule has 0 bridgehead atoms. The molecule has 1 N–H and O–H groups in total. The summed E-state index contributed by atoms with van der Waals surface area (Å²) in [7, 11) is 3.28. The fourth-order valence-corrected chi connectivity index (χ4v) is 3.02. The van der Waals surface area contributed by atoms with E-state index in [2.05, 4.69) is 5.32 Å². The van der Waals surface area contributed by atoms with Crippen molar-refractivity contribution >= 4 is 11.8 Å². The molecule has 6 heteroatoms. The highest BCUT2D eigenvalue weighted by Gasteiger charge is 2.38. The lowest BCUT2D eigenvalue weighted by atomic mass is 9.84. The zero-order valence-corrected chi connectivity index (χ0v) is 13.5. The lowest BCUT2D eigenvalue weighted by Crippen LogP contribution is -2.46. The van der Waals surface area contributed by atoms with Crippen molar-refractivity contribution in [3.05, 3.63) is 35.6 Å². The average Bonchev–Trinajstić information content (AvgIpc) is 2.53. The molecule has 0 spiro atoms. The number of nitrogens with one attached hydrogen (secondary N) is 1. The monoisotopic (exact) mass is 322 g/mol. The summed E-state index contributed by atoms with van der Waals surface area (Å²) < 4.78 is 18.5. The SMILES string of the molecule is COCCCNC(=O)[C@H]1CCC(=O)N(C)[C@@H]1c1cccc(F)c1. The molecule has 0 radical (unpaired) electrons. The van der Waals surface area contributed by atoms with E-state index in [1.807, 2.05) is 0 Å². The van der Waals surface area contributed by atoms with Crippen molar-refractivity contribution < 1.29 is 18.7 Å². The van der Waals surface area contributed by atoms with Crippen LogP contribution in [0.15, 0.2) is 24.3 Å². The van der Waals surface area contributed by atoms with Gasteiger partial charge in [-0.1, -0.05) is 12.1 Å². The quantitative estimate of drug-likeness (QED) is 0.814. The third-order valence-corrected chi connectivity index (χ3v) is 4.21. The Balaban J connectivity index is 2.15. The predicted octanol–water partition coefficient (Wildman–Crippen LogP) is 1.89. The number of piperidine rings is 1. The maximum absolute atomic E-state index is 13.5. The standard InChI is InChI=1S/C17H23FN2O3/c1-20-15(21)8-7-14(17(22)19-9-4-10-23-2)16(20)12-5-3-6-13(18)11-12/h3,5-6,11,14,16H,4,7-10H2,1-2H3,(H,19,22)/t14-,16+/m0/s1. The van der Waals surface area contributed by atoms with Gasteiger partial charge >= 0.3 is 0 Å². The maximum Gasteiger partial charge on any atom is 0.225 e. The number of rotatable bonds is 6. The van der Waals surface area contributed by atoms with Crippen LogP contribution in [0.2, 0.25) is 0 Å². The second kappa shape index (κ2) is 8.06. The van der Waals surface area contributed by atoms with Gasteiger partial charge in [0.25, 0.3) is 0 Å². The normalized spacial score (nSPS) is 21.3. The van der Waals surface area contributed by atoms with Gasteiger partial charge in [0.2, 0.25) is 11.8 Å². The first-order valence-electron chi connectivity index (χ1n) is 7.82. The number of amides is 2. The van der Waals surface area contributed by atoms with Crippen LogP contribution in [-0.2, 0) is 14.3 Å². The van der Waals surface area contributed by atoms with Gasteiger partial charge < -0.3 is 15.0 Å². The molecule has 2 atom stereocenters.